The molecule has 1 fully saturated rings. The molecule has 0 aromatic heterocycles. The molecule has 1 heteroatoms. The van der Waals surface area contributed by atoms with E-state index in [0.717, 1.165) is 11.0 Å². The summed E-state index contributed by atoms with van der Waals surface area (Å²) in [4.78, 5) is 0. The zero-order valence-corrected chi connectivity index (χ0v) is 8.09. The van der Waals surface area contributed by atoms with Crippen LogP contribution >= 0.6 is 0 Å². The van der Waals surface area contributed by atoms with E-state index in [1.165, 1.54) is 19.3 Å². The zero-order chi connectivity index (χ0) is 7.19. The second kappa shape index (κ2) is 1.97. The summed E-state index contributed by atoms with van der Waals surface area (Å²) in [7, 11) is -0.404. The number of fused-ring (bicyclic) bond motifs is 2. The Morgan fingerprint density at radius 2 is 2.30 bits per heavy atom. The maximum absolute atomic E-state index is 2.54. The Hall–Kier alpha value is -0.0431. The molecule has 2 atom stereocenters. The van der Waals surface area contributed by atoms with Gasteiger partial charge in [-0.3, -0.25) is 0 Å². The summed E-state index contributed by atoms with van der Waals surface area (Å²) in [5.74, 6) is 0.981. The van der Waals surface area contributed by atoms with E-state index in [-0.39, 0.29) is 0 Å². The average molecular weight is 152 g/mol. The van der Waals surface area contributed by atoms with Gasteiger partial charge in [0, 0.05) is 8.80 Å². The van der Waals surface area contributed by atoms with Crippen LogP contribution in [0.25, 0.3) is 0 Å². The number of rotatable bonds is 1. The van der Waals surface area contributed by atoms with Crippen LogP contribution in [0.4, 0.5) is 0 Å². The minimum atomic E-state index is -0.404. The second-order valence-electron chi connectivity index (χ2n) is 4.25. The van der Waals surface area contributed by atoms with Crippen LogP contribution in [0, 0.1) is 5.92 Å². The van der Waals surface area contributed by atoms with Crippen LogP contribution in [0.15, 0.2) is 12.2 Å². The number of allylic oxidation sites excluding steroid dienone is 2. The van der Waals surface area contributed by atoms with Gasteiger partial charge in [-0.25, -0.2) is 0 Å². The van der Waals surface area contributed by atoms with E-state index < -0.39 is 8.80 Å². The molecule has 0 spiro atoms. The lowest BCUT2D eigenvalue weighted by Gasteiger charge is -2.26. The predicted molar refractivity (Wildman–Crippen MR) is 48.1 cm³/mol. The molecule has 56 valence electrons. The molecule has 0 saturated heterocycles. The van der Waals surface area contributed by atoms with Crippen LogP contribution in [0.5, 0.6) is 0 Å². The molecule has 0 aliphatic heterocycles. The van der Waals surface area contributed by atoms with Gasteiger partial charge in [-0.05, 0) is 30.2 Å². The Kier molecular flexibility index (Phi) is 1.31. The molecule has 0 nitrogen and oxygen atoms in total. The monoisotopic (exact) mass is 152 g/mol. The van der Waals surface area contributed by atoms with Gasteiger partial charge in [-0.1, -0.05) is 25.2 Å². The van der Waals surface area contributed by atoms with Crippen molar-refractivity contribution >= 4 is 8.80 Å². The van der Waals surface area contributed by atoms with Crippen LogP contribution < -0.4 is 0 Å². The lowest BCUT2D eigenvalue weighted by molar-refractivity contribution is 0.695. The second-order valence-corrected chi connectivity index (χ2v) is 7.71. The van der Waals surface area contributed by atoms with Crippen LogP contribution in [0.2, 0.25) is 18.1 Å². The normalized spacial score (nSPS) is 43.7. The van der Waals surface area contributed by atoms with E-state index >= 15 is 0 Å². The molecule has 10 heavy (non-hydrogen) atoms. The summed E-state index contributed by atoms with van der Waals surface area (Å²) < 4.78 is 0. The molecule has 0 aromatic rings. The van der Waals surface area contributed by atoms with Crippen molar-refractivity contribution in [3.63, 3.8) is 0 Å². The third-order valence-electron chi connectivity index (χ3n) is 3.47. The molecule has 0 radical (unpaired) electrons. The molecule has 0 amide bonds. The van der Waals surface area contributed by atoms with Crippen molar-refractivity contribution in [1.29, 1.82) is 0 Å². The maximum atomic E-state index is 2.54. The minimum absolute atomic E-state index is 0.404. The quantitative estimate of drug-likeness (QED) is 0.400. The molecule has 2 aliphatic rings. The number of hydrogen-bond donors (Lipinski definition) is 0. The van der Waals surface area contributed by atoms with E-state index in [4.69, 9.17) is 0 Å². The van der Waals surface area contributed by atoms with Crippen LogP contribution in [-0.2, 0) is 0 Å². The predicted octanol–water partition coefficient (Wildman–Crippen LogP) is 2.58. The summed E-state index contributed by atoms with van der Waals surface area (Å²) >= 11 is 0. The molecule has 0 N–H and O–H groups in total. The van der Waals surface area contributed by atoms with Crippen LogP contribution in [0.1, 0.15) is 19.3 Å². The molecule has 2 bridgehead atoms. The van der Waals surface area contributed by atoms with Crippen molar-refractivity contribution in [2.75, 3.05) is 0 Å². The van der Waals surface area contributed by atoms with Crippen molar-refractivity contribution in [2.45, 2.75) is 37.4 Å². The summed E-state index contributed by atoms with van der Waals surface area (Å²) in [6, 6.07) is 0. The average Bonchev–Trinajstić information content (AvgIpc) is 2.45. The van der Waals surface area contributed by atoms with Crippen molar-refractivity contribution in [1.82, 2.24) is 0 Å². The van der Waals surface area contributed by atoms with Gasteiger partial charge in [0.15, 0.2) is 0 Å². The summed E-state index contributed by atoms with van der Waals surface area (Å²) in [6.07, 6.45) is 9.52. The lowest BCUT2D eigenvalue weighted by atomic mass is 10.1. The third kappa shape index (κ3) is 0.731. The Balaban J connectivity index is 2.24. The molecule has 1 saturated carbocycles. The SMILES string of the molecule is C[SiH](C)C12C=CC(CC1)C2. The van der Waals surface area contributed by atoms with Gasteiger partial charge in [-0.15, -0.1) is 0 Å². The molecule has 2 rings (SSSR count). The van der Waals surface area contributed by atoms with Gasteiger partial charge in [0.2, 0.25) is 0 Å². The number of hydrogen-bond acceptors (Lipinski definition) is 0. The lowest BCUT2D eigenvalue weighted by Crippen LogP contribution is -2.20. The first kappa shape index (κ1) is 6.65. The van der Waals surface area contributed by atoms with Crippen LogP contribution in [0.3, 0.4) is 0 Å². The van der Waals surface area contributed by atoms with E-state index in [0.29, 0.717) is 0 Å². The van der Waals surface area contributed by atoms with Crippen LogP contribution in [-0.4, -0.2) is 8.80 Å². The standard InChI is InChI=1S/C9H16Si/c1-10(2)9-5-3-8(7-9)4-6-9/h3,5,8,10H,4,6-7H2,1-2H3. The van der Waals surface area contributed by atoms with E-state index in [9.17, 15) is 0 Å². The van der Waals surface area contributed by atoms with E-state index in [2.05, 4.69) is 25.2 Å². The fourth-order valence-corrected chi connectivity index (χ4v) is 4.52. The van der Waals surface area contributed by atoms with Crippen molar-refractivity contribution < 1.29 is 0 Å². The third-order valence-corrected chi connectivity index (χ3v) is 6.49. The van der Waals surface area contributed by atoms with Gasteiger partial charge in [0.1, 0.15) is 0 Å². The summed E-state index contributed by atoms with van der Waals surface area (Å²) in [5, 5.41) is 0.769. The van der Waals surface area contributed by atoms with Gasteiger partial charge in [-0.2, -0.15) is 0 Å². The largest absolute Gasteiger partial charge is 0.0851 e. The molecular formula is C9H16Si. The first-order chi connectivity index (χ1) is 4.73. The fourth-order valence-electron chi connectivity index (χ4n) is 2.51. The van der Waals surface area contributed by atoms with Gasteiger partial charge in [0.05, 0.1) is 0 Å². The van der Waals surface area contributed by atoms with Crippen molar-refractivity contribution in [3.8, 4) is 0 Å². The fraction of sp³-hybridized carbons (Fsp3) is 0.778. The Labute approximate surface area is 64.9 Å². The molecule has 0 heterocycles. The smallest absolute Gasteiger partial charge is 0.0419 e. The summed E-state index contributed by atoms with van der Waals surface area (Å²) in [5.41, 5.74) is 0. The Morgan fingerprint density at radius 1 is 1.50 bits per heavy atom. The topological polar surface area (TPSA) is 0 Å². The molecule has 2 unspecified atom stereocenters. The van der Waals surface area contributed by atoms with Gasteiger partial charge < -0.3 is 0 Å². The first-order valence-electron chi connectivity index (χ1n) is 4.42. The first-order valence-corrected chi connectivity index (χ1v) is 7.31. The van der Waals surface area contributed by atoms with Crippen molar-refractivity contribution in [2.24, 2.45) is 5.92 Å². The highest BCUT2D eigenvalue weighted by atomic mass is 28.3. The van der Waals surface area contributed by atoms with E-state index in [1.54, 1.807) is 0 Å². The summed E-state index contributed by atoms with van der Waals surface area (Å²) in [6.45, 7) is 5.00. The van der Waals surface area contributed by atoms with E-state index in [1.807, 2.05) is 0 Å². The highest BCUT2D eigenvalue weighted by Crippen LogP contribution is 2.56. The highest BCUT2D eigenvalue weighted by Gasteiger charge is 2.42. The Bertz CT molecular complexity index is 172. The van der Waals surface area contributed by atoms with Crippen molar-refractivity contribution in [3.05, 3.63) is 12.2 Å². The Morgan fingerprint density at radius 3 is 2.50 bits per heavy atom. The molecule has 2 aliphatic carbocycles. The van der Waals surface area contributed by atoms with Gasteiger partial charge in [0.25, 0.3) is 0 Å². The minimum Gasteiger partial charge on any atom is -0.0851 e. The highest BCUT2D eigenvalue weighted by molar-refractivity contribution is 6.60. The maximum Gasteiger partial charge on any atom is 0.0419 e. The zero-order valence-electron chi connectivity index (χ0n) is 6.93. The molecular weight excluding hydrogens is 136 g/mol. The molecule has 0 aromatic carbocycles. The van der Waals surface area contributed by atoms with Gasteiger partial charge >= 0.3 is 0 Å².